The number of likely N-dealkylation sites (tertiary alicyclic amines) is 1. The highest BCUT2D eigenvalue weighted by molar-refractivity contribution is 7.16. The van der Waals surface area contributed by atoms with Gasteiger partial charge in [0.2, 0.25) is 0 Å². The third kappa shape index (κ3) is 3.09. The minimum Gasteiger partial charge on any atom is -0.348 e. The molecule has 0 radical (unpaired) electrons. The normalized spacial score (nSPS) is 22.0. The van der Waals surface area contributed by atoms with Gasteiger partial charge in [-0.25, -0.2) is 4.98 Å². The van der Waals surface area contributed by atoms with Crippen LogP contribution in [0.1, 0.15) is 28.9 Å². The minimum absolute atomic E-state index is 0.0102. The van der Waals surface area contributed by atoms with E-state index in [4.69, 9.17) is 9.47 Å². The summed E-state index contributed by atoms with van der Waals surface area (Å²) in [5.41, 5.74) is 1.04. The first-order valence-electron chi connectivity index (χ1n) is 8.38. The molecule has 2 aliphatic rings. The number of ether oxygens (including phenoxy) is 2. The molecule has 0 spiro atoms. The van der Waals surface area contributed by atoms with Crippen LogP contribution in [-0.2, 0) is 9.47 Å². The SMILES string of the molecule is O=C(c1cnc(-c2ccccc2)s1)N1CCCCC1C1OCCO1. The van der Waals surface area contributed by atoms with Crippen LogP contribution in [0.3, 0.4) is 0 Å². The Labute approximate surface area is 145 Å². The van der Waals surface area contributed by atoms with Crippen molar-refractivity contribution in [3.63, 3.8) is 0 Å². The molecule has 2 fully saturated rings. The zero-order valence-corrected chi connectivity index (χ0v) is 14.2. The van der Waals surface area contributed by atoms with Gasteiger partial charge in [-0.1, -0.05) is 30.3 Å². The maximum Gasteiger partial charge on any atom is 0.266 e. The van der Waals surface area contributed by atoms with E-state index in [9.17, 15) is 4.79 Å². The predicted molar refractivity (Wildman–Crippen MR) is 91.9 cm³/mol. The minimum atomic E-state index is -0.282. The fraction of sp³-hybridized carbons (Fsp3) is 0.444. The number of carbonyl (C=O) groups is 1. The first-order valence-corrected chi connectivity index (χ1v) is 9.20. The van der Waals surface area contributed by atoms with E-state index in [2.05, 4.69) is 4.98 Å². The van der Waals surface area contributed by atoms with Crippen LogP contribution in [0, 0.1) is 0 Å². The molecule has 0 aliphatic carbocycles. The summed E-state index contributed by atoms with van der Waals surface area (Å²) in [6, 6.07) is 9.97. The molecule has 1 aromatic carbocycles. The average molecular weight is 344 g/mol. The summed E-state index contributed by atoms with van der Waals surface area (Å²) >= 11 is 1.45. The quantitative estimate of drug-likeness (QED) is 0.858. The van der Waals surface area contributed by atoms with E-state index >= 15 is 0 Å². The number of piperidine rings is 1. The summed E-state index contributed by atoms with van der Waals surface area (Å²) in [7, 11) is 0. The second kappa shape index (κ2) is 7.01. The lowest BCUT2D eigenvalue weighted by Crippen LogP contribution is -2.50. The standard InChI is InChI=1S/C18H20N2O3S/c21-17(15-12-19-16(24-15)13-6-2-1-3-7-13)20-9-5-4-8-14(20)18-22-10-11-23-18/h1-3,6-7,12,14,18H,4-5,8-11H2. The van der Waals surface area contributed by atoms with Crippen LogP contribution in [0.15, 0.2) is 36.5 Å². The molecule has 1 unspecified atom stereocenters. The fourth-order valence-corrected chi connectivity index (χ4v) is 4.20. The average Bonchev–Trinajstić information content (AvgIpc) is 3.34. The molecule has 1 aromatic heterocycles. The molecule has 2 aliphatic heterocycles. The predicted octanol–water partition coefficient (Wildman–Crippen LogP) is 3.18. The summed E-state index contributed by atoms with van der Waals surface area (Å²) in [5.74, 6) is 0.0403. The molecule has 0 bridgehead atoms. The second-order valence-electron chi connectivity index (χ2n) is 6.07. The number of nitrogens with zero attached hydrogens (tertiary/aromatic N) is 2. The van der Waals surface area contributed by atoms with Gasteiger partial charge in [0.25, 0.3) is 5.91 Å². The molecule has 2 saturated heterocycles. The van der Waals surface area contributed by atoms with Gasteiger partial charge >= 0.3 is 0 Å². The lowest BCUT2D eigenvalue weighted by atomic mass is 10.0. The third-order valence-corrected chi connectivity index (χ3v) is 5.54. The molecule has 0 N–H and O–H groups in total. The molecule has 6 heteroatoms. The molecule has 1 amide bonds. The fourth-order valence-electron chi connectivity index (χ4n) is 3.32. The maximum atomic E-state index is 13.0. The smallest absolute Gasteiger partial charge is 0.266 e. The molecule has 5 nitrogen and oxygen atoms in total. The number of rotatable bonds is 3. The van der Waals surface area contributed by atoms with Crippen LogP contribution in [-0.4, -0.2) is 47.9 Å². The topological polar surface area (TPSA) is 51.7 Å². The van der Waals surface area contributed by atoms with Crippen LogP contribution >= 0.6 is 11.3 Å². The molecule has 4 rings (SSSR count). The van der Waals surface area contributed by atoms with E-state index in [0.717, 1.165) is 36.4 Å². The van der Waals surface area contributed by atoms with Crippen LogP contribution in [0.25, 0.3) is 10.6 Å². The van der Waals surface area contributed by atoms with Crippen molar-refractivity contribution in [3.8, 4) is 10.6 Å². The molecular formula is C18H20N2O3S. The number of amides is 1. The zero-order chi connectivity index (χ0) is 16.4. The van der Waals surface area contributed by atoms with Crippen molar-refractivity contribution in [2.45, 2.75) is 31.6 Å². The van der Waals surface area contributed by atoms with Crippen LogP contribution < -0.4 is 0 Å². The van der Waals surface area contributed by atoms with Gasteiger partial charge < -0.3 is 14.4 Å². The van der Waals surface area contributed by atoms with Gasteiger partial charge in [-0.2, -0.15) is 0 Å². The number of thiazole rings is 1. The molecule has 126 valence electrons. The summed E-state index contributed by atoms with van der Waals surface area (Å²) in [6.07, 6.45) is 4.48. The van der Waals surface area contributed by atoms with Crippen molar-refractivity contribution < 1.29 is 14.3 Å². The molecule has 1 atom stereocenters. The number of carbonyl (C=O) groups excluding carboxylic acids is 1. The van der Waals surface area contributed by atoms with E-state index in [1.807, 2.05) is 35.2 Å². The van der Waals surface area contributed by atoms with Gasteiger partial charge in [0.15, 0.2) is 6.29 Å². The van der Waals surface area contributed by atoms with Crippen molar-refractivity contribution in [2.75, 3.05) is 19.8 Å². The first kappa shape index (κ1) is 15.7. The summed E-state index contributed by atoms with van der Waals surface area (Å²) in [6.45, 7) is 1.98. The Morgan fingerprint density at radius 2 is 1.96 bits per heavy atom. The van der Waals surface area contributed by atoms with Gasteiger partial charge in [-0.05, 0) is 19.3 Å². The molecule has 0 saturated carbocycles. The Morgan fingerprint density at radius 1 is 1.17 bits per heavy atom. The van der Waals surface area contributed by atoms with Gasteiger partial charge in [-0.3, -0.25) is 4.79 Å². The van der Waals surface area contributed by atoms with Crippen LogP contribution in [0.2, 0.25) is 0 Å². The first-order chi connectivity index (χ1) is 11.8. The largest absolute Gasteiger partial charge is 0.348 e. The van der Waals surface area contributed by atoms with Crippen LogP contribution in [0.4, 0.5) is 0 Å². The number of benzene rings is 1. The van der Waals surface area contributed by atoms with E-state index in [0.29, 0.717) is 18.1 Å². The lowest BCUT2D eigenvalue weighted by Gasteiger charge is -2.37. The number of hydrogen-bond acceptors (Lipinski definition) is 5. The summed E-state index contributed by atoms with van der Waals surface area (Å²) in [4.78, 5) is 20.0. The van der Waals surface area contributed by atoms with Crippen molar-refractivity contribution in [3.05, 3.63) is 41.4 Å². The van der Waals surface area contributed by atoms with E-state index < -0.39 is 0 Å². The van der Waals surface area contributed by atoms with Crippen molar-refractivity contribution in [1.29, 1.82) is 0 Å². The number of hydrogen-bond donors (Lipinski definition) is 0. The van der Waals surface area contributed by atoms with Crippen molar-refractivity contribution >= 4 is 17.2 Å². The van der Waals surface area contributed by atoms with E-state index in [1.165, 1.54) is 11.3 Å². The van der Waals surface area contributed by atoms with Gasteiger partial charge in [0.05, 0.1) is 25.5 Å². The molecule has 2 aromatic rings. The lowest BCUT2D eigenvalue weighted by molar-refractivity contribution is -0.100. The third-order valence-electron chi connectivity index (χ3n) is 4.51. The summed E-state index contributed by atoms with van der Waals surface area (Å²) in [5, 5.41) is 0.876. The highest BCUT2D eigenvalue weighted by Crippen LogP contribution is 2.30. The van der Waals surface area contributed by atoms with Gasteiger partial charge in [0, 0.05) is 12.1 Å². The van der Waals surface area contributed by atoms with Gasteiger partial charge in [-0.15, -0.1) is 11.3 Å². The Kier molecular flexibility index (Phi) is 4.60. The molecular weight excluding hydrogens is 324 g/mol. The van der Waals surface area contributed by atoms with Crippen molar-refractivity contribution in [1.82, 2.24) is 9.88 Å². The zero-order valence-electron chi connectivity index (χ0n) is 13.4. The van der Waals surface area contributed by atoms with Crippen molar-refractivity contribution in [2.24, 2.45) is 0 Å². The Hall–Kier alpha value is -1.76. The molecule has 24 heavy (non-hydrogen) atoms. The monoisotopic (exact) mass is 344 g/mol. The van der Waals surface area contributed by atoms with Gasteiger partial charge in [0.1, 0.15) is 9.88 Å². The molecule has 3 heterocycles. The Morgan fingerprint density at radius 3 is 2.75 bits per heavy atom. The van der Waals surface area contributed by atoms with E-state index in [-0.39, 0.29) is 18.2 Å². The second-order valence-corrected chi connectivity index (χ2v) is 7.10. The Bertz CT molecular complexity index is 697. The summed E-state index contributed by atoms with van der Waals surface area (Å²) < 4.78 is 11.3. The Balaban J connectivity index is 1.54. The highest BCUT2D eigenvalue weighted by Gasteiger charge is 2.37. The van der Waals surface area contributed by atoms with E-state index in [1.54, 1.807) is 6.20 Å². The number of aromatic nitrogens is 1. The maximum absolute atomic E-state index is 13.0. The van der Waals surface area contributed by atoms with Crippen LogP contribution in [0.5, 0.6) is 0 Å². The highest BCUT2D eigenvalue weighted by atomic mass is 32.1.